The predicted molar refractivity (Wildman–Crippen MR) is 67.9 cm³/mol. The van der Waals surface area contributed by atoms with Gasteiger partial charge in [-0.25, -0.2) is 0 Å². The van der Waals surface area contributed by atoms with Crippen molar-refractivity contribution in [2.75, 3.05) is 0 Å². The molecule has 0 saturated carbocycles. The van der Waals surface area contributed by atoms with Crippen molar-refractivity contribution < 1.29 is 5.11 Å². The average molecular weight is 224 g/mol. The van der Waals surface area contributed by atoms with E-state index in [1.807, 2.05) is 24.4 Å². The summed E-state index contributed by atoms with van der Waals surface area (Å²) in [7, 11) is 0. The minimum Gasteiger partial charge on any atom is -0.508 e. The molecule has 0 radical (unpaired) electrons. The smallest absolute Gasteiger partial charge is 0.117 e. The number of phenolic OH excluding ortho intramolecular Hbond substituents is 1. The number of hydrogen-bond acceptors (Lipinski definition) is 2. The highest BCUT2D eigenvalue weighted by molar-refractivity contribution is 5.91. The molecule has 2 N–H and O–H groups in total. The molecule has 0 aliphatic rings. The number of aryl methyl sites for hydroxylation is 1. The molecule has 3 nitrogen and oxygen atoms in total. The number of rotatable bonds is 1. The molecule has 0 aliphatic carbocycles. The highest BCUT2D eigenvalue weighted by atomic mass is 16.3. The molecular formula is C14H12N2O. The summed E-state index contributed by atoms with van der Waals surface area (Å²) < 4.78 is 0. The van der Waals surface area contributed by atoms with Crippen LogP contribution in [0.1, 0.15) is 5.56 Å². The Morgan fingerprint density at radius 1 is 1.24 bits per heavy atom. The molecule has 3 heteroatoms. The molecule has 3 rings (SSSR count). The maximum atomic E-state index is 9.47. The Labute approximate surface area is 98.8 Å². The van der Waals surface area contributed by atoms with Gasteiger partial charge in [-0.3, -0.25) is 4.98 Å². The molecule has 0 amide bonds. The molecule has 84 valence electrons. The molecule has 2 aromatic heterocycles. The lowest BCUT2D eigenvalue weighted by Crippen LogP contribution is -1.81. The van der Waals surface area contributed by atoms with Gasteiger partial charge in [-0.1, -0.05) is 0 Å². The highest BCUT2D eigenvalue weighted by Gasteiger charge is 2.09. The average Bonchev–Trinajstić information content (AvgIpc) is 2.67. The Morgan fingerprint density at radius 3 is 2.88 bits per heavy atom. The molecule has 17 heavy (non-hydrogen) atoms. The summed E-state index contributed by atoms with van der Waals surface area (Å²) in [5.74, 6) is 0.275. The number of nitrogens with one attached hydrogen (secondary N) is 1. The Morgan fingerprint density at radius 2 is 2.12 bits per heavy atom. The fourth-order valence-corrected chi connectivity index (χ4v) is 2.13. The van der Waals surface area contributed by atoms with Gasteiger partial charge in [0.25, 0.3) is 0 Å². The van der Waals surface area contributed by atoms with Gasteiger partial charge in [-0.2, -0.15) is 0 Å². The third kappa shape index (κ3) is 1.56. The molecular weight excluding hydrogens is 212 g/mol. The van der Waals surface area contributed by atoms with Crippen molar-refractivity contribution in [1.29, 1.82) is 0 Å². The number of aromatic amines is 1. The Kier molecular flexibility index (Phi) is 2.11. The van der Waals surface area contributed by atoms with E-state index in [1.165, 1.54) is 5.56 Å². The van der Waals surface area contributed by atoms with Gasteiger partial charge in [0.15, 0.2) is 0 Å². The topological polar surface area (TPSA) is 48.9 Å². The largest absolute Gasteiger partial charge is 0.508 e. The summed E-state index contributed by atoms with van der Waals surface area (Å²) in [5.41, 5.74) is 4.23. The number of phenols is 1. The lowest BCUT2D eigenvalue weighted by atomic mass is 10.1. The van der Waals surface area contributed by atoms with Crippen LogP contribution in [-0.2, 0) is 0 Å². The fraction of sp³-hybridized carbons (Fsp3) is 0.0714. The first kappa shape index (κ1) is 9.90. The van der Waals surface area contributed by atoms with Crippen molar-refractivity contribution in [3.05, 3.63) is 48.3 Å². The molecule has 1 aromatic carbocycles. The van der Waals surface area contributed by atoms with Crippen LogP contribution >= 0.6 is 0 Å². The zero-order valence-corrected chi connectivity index (χ0v) is 9.44. The summed E-state index contributed by atoms with van der Waals surface area (Å²) in [6, 6.07) is 9.30. The maximum absolute atomic E-state index is 9.47. The second kappa shape index (κ2) is 3.63. The van der Waals surface area contributed by atoms with E-state index in [4.69, 9.17) is 0 Å². The predicted octanol–water partition coefficient (Wildman–Crippen LogP) is 3.24. The SMILES string of the molecule is Cc1c(-c2cccnc2)[nH]c2cc(O)ccc12. The van der Waals surface area contributed by atoms with Gasteiger partial charge in [-0.05, 0) is 36.8 Å². The summed E-state index contributed by atoms with van der Waals surface area (Å²) in [6.45, 7) is 2.07. The molecule has 0 aliphatic heterocycles. The Bertz CT molecular complexity index is 671. The lowest BCUT2D eigenvalue weighted by molar-refractivity contribution is 0.476. The van der Waals surface area contributed by atoms with Crippen LogP contribution in [-0.4, -0.2) is 15.1 Å². The molecule has 0 unspecified atom stereocenters. The van der Waals surface area contributed by atoms with E-state index in [-0.39, 0.29) is 5.75 Å². The second-order valence-corrected chi connectivity index (χ2v) is 4.10. The normalized spacial score (nSPS) is 10.9. The molecule has 0 spiro atoms. The van der Waals surface area contributed by atoms with Gasteiger partial charge < -0.3 is 10.1 Å². The first-order valence-electron chi connectivity index (χ1n) is 5.47. The number of fused-ring (bicyclic) bond motifs is 1. The fourth-order valence-electron chi connectivity index (χ4n) is 2.13. The first-order valence-corrected chi connectivity index (χ1v) is 5.47. The monoisotopic (exact) mass is 224 g/mol. The minimum atomic E-state index is 0.275. The third-order valence-electron chi connectivity index (χ3n) is 2.99. The van der Waals surface area contributed by atoms with Crippen molar-refractivity contribution in [2.24, 2.45) is 0 Å². The number of nitrogens with zero attached hydrogens (tertiary/aromatic N) is 1. The van der Waals surface area contributed by atoms with Crippen LogP contribution in [0, 0.1) is 6.92 Å². The Balaban J connectivity index is 2.28. The van der Waals surface area contributed by atoms with E-state index in [9.17, 15) is 5.11 Å². The van der Waals surface area contributed by atoms with Gasteiger partial charge in [0.2, 0.25) is 0 Å². The van der Waals surface area contributed by atoms with E-state index in [0.29, 0.717) is 0 Å². The standard InChI is InChI=1S/C14H12N2O/c1-9-12-5-4-11(17)7-13(12)16-14(9)10-3-2-6-15-8-10/h2-8,16-17H,1H3. The molecule has 0 saturated heterocycles. The van der Waals surface area contributed by atoms with Crippen LogP contribution < -0.4 is 0 Å². The van der Waals surface area contributed by atoms with E-state index in [1.54, 1.807) is 18.3 Å². The van der Waals surface area contributed by atoms with Crippen LogP contribution in [0.4, 0.5) is 0 Å². The number of aromatic nitrogens is 2. The van der Waals surface area contributed by atoms with Crippen molar-refractivity contribution in [1.82, 2.24) is 9.97 Å². The zero-order chi connectivity index (χ0) is 11.8. The summed E-state index contributed by atoms with van der Waals surface area (Å²) >= 11 is 0. The van der Waals surface area contributed by atoms with Gasteiger partial charge in [-0.15, -0.1) is 0 Å². The van der Waals surface area contributed by atoms with E-state index < -0.39 is 0 Å². The highest BCUT2D eigenvalue weighted by Crippen LogP contribution is 2.30. The van der Waals surface area contributed by atoms with Gasteiger partial charge in [0, 0.05) is 34.9 Å². The van der Waals surface area contributed by atoms with Crippen LogP contribution in [0.25, 0.3) is 22.2 Å². The van der Waals surface area contributed by atoms with Crippen molar-refractivity contribution in [3.8, 4) is 17.0 Å². The van der Waals surface area contributed by atoms with Crippen molar-refractivity contribution in [3.63, 3.8) is 0 Å². The molecule has 3 aromatic rings. The quantitative estimate of drug-likeness (QED) is 0.666. The molecule has 0 bridgehead atoms. The first-order chi connectivity index (χ1) is 8.25. The third-order valence-corrected chi connectivity index (χ3v) is 2.99. The molecule has 0 fully saturated rings. The van der Waals surface area contributed by atoms with Crippen molar-refractivity contribution >= 4 is 10.9 Å². The van der Waals surface area contributed by atoms with Gasteiger partial charge in [0.05, 0.1) is 5.69 Å². The van der Waals surface area contributed by atoms with E-state index in [2.05, 4.69) is 16.9 Å². The minimum absolute atomic E-state index is 0.275. The van der Waals surface area contributed by atoms with Crippen LogP contribution in [0.2, 0.25) is 0 Å². The van der Waals surface area contributed by atoms with Crippen LogP contribution in [0.5, 0.6) is 5.75 Å². The zero-order valence-electron chi connectivity index (χ0n) is 9.44. The summed E-state index contributed by atoms with van der Waals surface area (Å²) in [6.07, 6.45) is 3.59. The maximum Gasteiger partial charge on any atom is 0.117 e. The Hall–Kier alpha value is -2.29. The van der Waals surface area contributed by atoms with Crippen LogP contribution in [0.15, 0.2) is 42.7 Å². The van der Waals surface area contributed by atoms with Gasteiger partial charge >= 0.3 is 0 Å². The van der Waals surface area contributed by atoms with Crippen LogP contribution in [0.3, 0.4) is 0 Å². The van der Waals surface area contributed by atoms with E-state index >= 15 is 0 Å². The molecule has 2 heterocycles. The number of benzene rings is 1. The number of H-pyrrole nitrogens is 1. The number of hydrogen-bond donors (Lipinski definition) is 2. The number of pyridine rings is 1. The van der Waals surface area contributed by atoms with E-state index in [0.717, 1.165) is 22.2 Å². The lowest BCUT2D eigenvalue weighted by Gasteiger charge is -1.98. The summed E-state index contributed by atoms with van der Waals surface area (Å²) in [4.78, 5) is 7.44. The van der Waals surface area contributed by atoms with Crippen molar-refractivity contribution in [2.45, 2.75) is 6.92 Å². The summed E-state index contributed by atoms with van der Waals surface area (Å²) in [5, 5.41) is 10.6. The number of aromatic hydroxyl groups is 1. The second-order valence-electron chi connectivity index (χ2n) is 4.10. The van der Waals surface area contributed by atoms with Gasteiger partial charge in [0.1, 0.15) is 5.75 Å². The molecule has 0 atom stereocenters.